The summed E-state index contributed by atoms with van der Waals surface area (Å²) >= 11 is 1.69. The molecule has 134 valence electrons. The Hall–Kier alpha value is -2.21. The van der Waals surface area contributed by atoms with Crippen LogP contribution in [0.3, 0.4) is 0 Å². The minimum Gasteiger partial charge on any atom is -0.478 e. The average molecular weight is 361 g/mol. The lowest BCUT2D eigenvalue weighted by Crippen LogP contribution is -2.35. The lowest BCUT2D eigenvalue weighted by molar-refractivity contribution is -0.137. The molecule has 0 aromatic heterocycles. The Morgan fingerprint density at radius 2 is 1.76 bits per heavy atom. The van der Waals surface area contributed by atoms with Crippen molar-refractivity contribution in [3.05, 3.63) is 52.9 Å². The second-order valence-corrected chi connectivity index (χ2v) is 7.00. The first kappa shape index (κ1) is 19.1. The Kier molecular flexibility index (Phi) is 6.31. The lowest BCUT2D eigenvalue weighted by Gasteiger charge is -2.36. The smallest absolute Gasteiger partial charge is 0.336 e. The van der Waals surface area contributed by atoms with Gasteiger partial charge in [0.2, 0.25) is 0 Å². The zero-order chi connectivity index (χ0) is 18.6. The molecule has 1 aliphatic rings. The second-order valence-electron chi connectivity index (χ2n) is 5.83. The number of carboxylic acids is 1. The van der Waals surface area contributed by atoms with E-state index in [4.69, 9.17) is 4.74 Å². The molecule has 0 bridgehead atoms. The fourth-order valence-corrected chi connectivity index (χ4v) is 4.05. The number of esters is 1. The van der Waals surface area contributed by atoms with Gasteiger partial charge in [0.15, 0.2) is 0 Å². The van der Waals surface area contributed by atoms with E-state index in [1.54, 1.807) is 25.6 Å². The van der Waals surface area contributed by atoms with Crippen LogP contribution in [0.4, 0.5) is 0 Å². The van der Waals surface area contributed by atoms with Crippen molar-refractivity contribution < 1.29 is 19.4 Å². The maximum atomic E-state index is 12.2. The summed E-state index contributed by atoms with van der Waals surface area (Å²) in [5.74, 6) is -1.20. The molecule has 1 aromatic rings. The Bertz CT molecular complexity index is 724. The van der Waals surface area contributed by atoms with Gasteiger partial charge in [0, 0.05) is 34.5 Å². The number of allylic oxidation sites excluding steroid dienone is 2. The summed E-state index contributed by atoms with van der Waals surface area (Å²) in [7, 11) is 1.32. The Morgan fingerprint density at radius 1 is 1.16 bits per heavy atom. The number of thioether (sulfide) groups is 1. The van der Waals surface area contributed by atoms with Crippen molar-refractivity contribution in [2.24, 2.45) is 5.92 Å². The summed E-state index contributed by atoms with van der Waals surface area (Å²) in [4.78, 5) is 27.0. The number of rotatable bonds is 6. The van der Waals surface area contributed by atoms with E-state index >= 15 is 0 Å². The van der Waals surface area contributed by atoms with Crippen LogP contribution in [0.2, 0.25) is 0 Å². The SMILES string of the molecule is COC(=O)C1=C(C)N(CCSc2ccccc2)C(C)=C(C(=O)O)C1C. The Balaban J connectivity index is 2.26. The van der Waals surface area contributed by atoms with Gasteiger partial charge in [-0.25, -0.2) is 9.59 Å². The molecule has 25 heavy (non-hydrogen) atoms. The number of ether oxygens (including phenoxy) is 1. The van der Waals surface area contributed by atoms with E-state index in [1.807, 2.05) is 42.2 Å². The Labute approximate surface area is 152 Å². The summed E-state index contributed by atoms with van der Waals surface area (Å²) in [5, 5.41) is 9.59. The predicted molar refractivity (Wildman–Crippen MR) is 98.1 cm³/mol. The average Bonchev–Trinajstić information content (AvgIpc) is 2.58. The molecule has 0 saturated carbocycles. The lowest BCUT2D eigenvalue weighted by atomic mass is 9.86. The van der Waals surface area contributed by atoms with Gasteiger partial charge in [0.1, 0.15) is 0 Å². The van der Waals surface area contributed by atoms with Crippen molar-refractivity contribution in [2.45, 2.75) is 25.7 Å². The molecule has 6 heteroatoms. The van der Waals surface area contributed by atoms with Crippen LogP contribution in [0.5, 0.6) is 0 Å². The maximum Gasteiger partial charge on any atom is 0.336 e. The summed E-state index contributed by atoms with van der Waals surface area (Å²) in [6.07, 6.45) is 0. The van der Waals surface area contributed by atoms with Gasteiger partial charge < -0.3 is 14.7 Å². The molecule has 1 N–H and O–H groups in total. The number of carbonyl (C=O) groups is 2. The third-order valence-electron chi connectivity index (χ3n) is 4.42. The Morgan fingerprint density at radius 3 is 2.32 bits per heavy atom. The van der Waals surface area contributed by atoms with Crippen LogP contribution in [0, 0.1) is 5.92 Å². The van der Waals surface area contributed by atoms with Crippen LogP contribution in [0.15, 0.2) is 57.8 Å². The molecule has 0 radical (unpaired) electrons. The fraction of sp³-hybridized carbons (Fsp3) is 0.368. The molecular formula is C19H23NO4S. The van der Waals surface area contributed by atoms with Crippen molar-refractivity contribution >= 4 is 23.7 Å². The van der Waals surface area contributed by atoms with Crippen LogP contribution < -0.4 is 0 Å². The van der Waals surface area contributed by atoms with Gasteiger partial charge in [-0.1, -0.05) is 25.1 Å². The first-order chi connectivity index (χ1) is 11.9. The summed E-state index contributed by atoms with van der Waals surface area (Å²) < 4.78 is 4.87. The molecule has 1 aromatic carbocycles. The molecule has 1 heterocycles. The minimum absolute atomic E-state index is 0.246. The van der Waals surface area contributed by atoms with Crippen molar-refractivity contribution in [2.75, 3.05) is 19.4 Å². The molecule has 1 atom stereocenters. The van der Waals surface area contributed by atoms with Gasteiger partial charge in [0.25, 0.3) is 0 Å². The highest BCUT2D eigenvalue weighted by atomic mass is 32.2. The van der Waals surface area contributed by atoms with Gasteiger partial charge in [-0.05, 0) is 26.0 Å². The number of nitrogens with zero attached hydrogens (tertiary/aromatic N) is 1. The van der Waals surface area contributed by atoms with E-state index < -0.39 is 17.9 Å². The number of methoxy groups -OCH3 is 1. The monoisotopic (exact) mass is 361 g/mol. The van der Waals surface area contributed by atoms with E-state index in [1.165, 1.54) is 7.11 Å². The number of carbonyl (C=O) groups excluding carboxylic acids is 1. The highest BCUT2D eigenvalue weighted by Crippen LogP contribution is 2.36. The van der Waals surface area contributed by atoms with E-state index in [-0.39, 0.29) is 5.57 Å². The van der Waals surface area contributed by atoms with Crippen LogP contribution in [-0.2, 0) is 14.3 Å². The summed E-state index contributed by atoms with van der Waals surface area (Å²) in [5.41, 5.74) is 2.10. The van der Waals surface area contributed by atoms with Crippen molar-refractivity contribution in [3.8, 4) is 0 Å². The van der Waals surface area contributed by atoms with Crippen molar-refractivity contribution in [1.82, 2.24) is 4.90 Å². The normalized spacial score (nSPS) is 17.8. The number of benzene rings is 1. The fourth-order valence-electron chi connectivity index (χ4n) is 3.19. The van der Waals surface area contributed by atoms with E-state index in [0.717, 1.165) is 16.3 Å². The zero-order valence-electron chi connectivity index (χ0n) is 14.9. The maximum absolute atomic E-state index is 12.2. The molecule has 0 amide bonds. The highest BCUT2D eigenvalue weighted by molar-refractivity contribution is 7.99. The van der Waals surface area contributed by atoms with E-state index in [0.29, 0.717) is 17.8 Å². The molecule has 0 spiro atoms. The molecular weight excluding hydrogens is 338 g/mol. The first-order valence-corrected chi connectivity index (χ1v) is 9.05. The van der Waals surface area contributed by atoms with Gasteiger partial charge in [0.05, 0.1) is 18.3 Å². The van der Waals surface area contributed by atoms with Crippen molar-refractivity contribution in [3.63, 3.8) is 0 Å². The topological polar surface area (TPSA) is 66.8 Å². The van der Waals surface area contributed by atoms with E-state index in [9.17, 15) is 14.7 Å². The number of hydrogen-bond donors (Lipinski definition) is 1. The van der Waals surface area contributed by atoms with Gasteiger partial charge >= 0.3 is 11.9 Å². The summed E-state index contributed by atoms with van der Waals surface area (Å²) in [6.45, 7) is 5.99. The highest BCUT2D eigenvalue weighted by Gasteiger charge is 2.35. The summed E-state index contributed by atoms with van der Waals surface area (Å²) in [6, 6.07) is 10.0. The minimum atomic E-state index is -1.00. The second kappa shape index (κ2) is 8.25. The molecule has 5 nitrogen and oxygen atoms in total. The molecule has 0 saturated heterocycles. The number of hydrogen-bond acceptors (Lipinski definition) is 5. The third kappa shape index (κ3) is 4.07. The predicted octanol–water partition coefficient (Wildman–Crippen LogP) is 3.54. The molecule has 1 aliphatic heterocycles. The molecule has 1 unspecified atom stereocenters. The number of carboxylic acid groups (broad SMARTS) is 1. The third-order valence-corrected chi connectivity index (χ3v) is 5.41. The first-order valence-electron chi connectivity index (χ1n) is 8.07. The quantitative estimate of drug-likeness (QED) is 0.617. The van der Waals surface area contributed by atoms with Gasteiger partial charge in [-0.3, -0.25) is 0 Å². The van der Waals surface area contributed by atoms with Gasteiger partial charge in [-0.15, -0.1) is 11.8 Å². The van der Waals surface area contributed by atoms with Crippen LogP contribution in [0.1, 0.15) is 20.8 Å². The van der Waals surface area contributed by atoms with Crippen LogP contribution >= 0.6 is 11.8 Å². The largest absolute Gasteiger partial charge is 0.478 e. The zero-order valence-corrected chi connectivity index (χ0v) is 15.7. The van der Waals surface area contributed by atoms with Crippen LogP contribution in [-0.4, -0.2) is 41.4 Å². The van der Waals surface area contributed by atoms with Crippen LogP contribution in [0.25, 0.3) is 0 Å². The molecule has 2 rings (SSSR count). The molecule has 0 fully saturated rings. The molecule has 0 aliphatic carbocycles. The standard InChI is InChI=1S/C19H23NO4S/c1-12-16(18(21)22)13(2)20(14(3)17(12)19(23)24-4)10-11-25-15-8-6-5-7-9-15/h5-9,12H,10-11H2,1-4H3,(H,21,22). The number of aliphatic carboxylic acids is 1. The van der Waals surface area contributed by atoms with Gasteiger partial charge in [-0.2, -0.15) is 0 Å². The van der Waals surface area contributed by atoms with Crippen molar-refractivity contribution in [1.29, 1.82) is 0 Å². The van der Waals surface area contributed by atoms with E-state index in [2.05, 4.69) is 0 Å².